The van der Waals surface area contributed by atoms with Crippen LogP contribution in [-0.4, -0.2) is 129 Å². The van der Waals surface area contributed by atoms with Gasteiger partial charge < -0.3 is 63.1 Å². The number of likely N-dealkylation sites (N-methyl/N-ethyl adjacent to an activating group) is 1. The molecule has 24 nitrogen and oxygen atoms in total. The van der Waals surface area contributed by atoms with Crippen LogP contribution in [0, 0.1) is 13.8 Å². The van der Waals surface area contributed by atoms with Gasteiger partial charge in [0.2, 0.25) is 23.8 Å². The third-order valence-electron chi connectivity index (χ3n) is 17.9. The minimum atomic E-state index is 0.150. The number of aromatic nitrogens is 16. The lowest BCUT2D eigenvalue weighted by molar-refractivity contribution is 0.299. The van der Waals surface area contributed by atoms with Crippen molar-refractivity contribution in [2.24, 2.45) is 11.5 Å². The molecule has 14 aromatic rings. The van der Waals surface area contributed by atoms with E-state index in [9.17, 15) is 0 Å². The number of aliphatic hydroxyl groups is 1. The quantitative estimate of drug-likeness (QED) is 0.0403. The van der Waals surface area contributed by atoms with E-state index in [1.54, 1.807) is 49.6 Å². The number of rotatable bonds is 17. The van der Waals surface area contributed by atoms with Crippen molar-refractivity contribution in [3.63, 3.8) is 0 Å². The zero-order valence-corrected chi connectivity index (χ0v) is 55.6. The van der Waals surface area contributed by atoms with E-state index in [4.69, 9.17) is 21.6 Å². The number of nitrogens with zero attached hydrogens (tertiary/aromatic N) is 12. The molecular weight excluding hydrogens is 1240 g/mol. The number of aliphatic hydroxyl groups excluding tert-OH is 1. The van der Waals surface area contributed by atoms with Gasteiger partial charge in [0, 0.05) is 160 Å². The lowest BCUT2D eigenvalue weighted by Crippen LogP contribution is -2.33. The van der Waals surface area contributed by atoms with Crippen LogP contribution in [0.25, 0.3) is 89.2 Å². The van der Waals surface area contributed by atoms with Crippen molar-refractivity contribution in [3.05, 3.63) is 206 Å². The second-order valence-electron chi connectivity index (χ2n) is 24.9. The van der Waals surface area contributed by atoms with Gasteiger partial charge in [-0.3, -0.25) is 0 Å². The third kappa shape index (κ3) is 16.5. The number of nitrogens with two attached hydrogens (primary N) is 2. The number of nitrogens with one attached hydrogen (secondary N) is 9. The van der Waals surface area contributed by atoms with E-state index in [0.29, 0.717) is 54.4 Å². The van der Waals surface area contributed by atoms with Gasteiger partial charge in [0.1, 0.15) is 22.6 Å². The number of hydrogen-bond donors (Lipinski definition) is 12. The summed E-state index contributed by atoms with van der Waals surface area (Å²) in [5.74, 6) is 2.48. The largest absolute Gasteiger partial charge is 0.396 e. The molecule has 502 valence electrons. The summed E-state index contributed by atoms with van der Waals surface area (Å²) in [4.78, 5) is 66.2. The minimum absolute atomic E-state index is 0.150. The fourth-order valence-electron chi connectivity index (χ4n) is 12.5. The topological polar surface area (TPSA) is 350 Å². The predicted molar refractivity (Wildman–Crippen MR) is 394 cm³/mol. The van der Waals surface area contributed by atoms with Crippen LogP contribution in [0.2, 0.25) is 0 Å². The maximum atomic E-state index is 9.07. The van der Waals surface area contributed by atoms with Gasteiger partial charge in [0.05, 0.1) is 22.8 Å². The van der Waals surface area contributed by atoms with Crippen molar-refractivity contribution in [1.82, 2.24) is 85.1 Å². The minimum Gasteiger partial charge on any atom is -0.396 e. The Kier molecular flexibility index (Phi) is 21.1. The Balaban J connectivity index is 0.000000119. The van der Waals surface area contributed by atoms with E-state index >= 15 is 0 Å². The summed E-state index contributed by atoms with van der Waals surface area (Å²) >= 11 is 0. The molecule has 0 atom stereocenters. The van der Waals surface area contributed by atoms with Crippen LogP contribution in [0.4, 0.5) is 35.2 Å². The summed E-state index contributed by atoms with van der Waals surface area (Å²) in [6.07, 6.45) is 32.2. The SMILES string of the molecule is CNCCc1ccc(Nc2nccc(-c3c[nH]c4ncccc34)n2)c(C)c1.Cc1cc(CCO)ccc1Nc1nccc(-c2c[nH]c3ncccc23)n1.NC1CCC(Nc2nccc(-c3c[nH]c4ncccc34)n2)CC1.NC1CCC(Nc2nccc(-c3c[nH]c4ncccc34)n2)CC1. The zero-order chi connectivity index (χ0) is 67.9. The standard InChI is InChI=1S/C21H22N6.C20H19N5O.2C17H20N6/c1-14-12-15(7-10-22-2)5-6-18(14)26-21-24-11-8-19(27-21)17-13-25-20-16(17)4-3-9-23-20;1-13-11-14(7-10-26)4-5-17(13)24-20-22-9-6-18(25-20)16-12-23-19-15(16)3-2-8-21-19;2*18-11-3-5-12(6-4-11)22-17-20-9-7-15(23-17)14-10-21-16-13(14)2-1-8-19-16/h3-6,8-9,11-13,22H,7,10H2,1-2H3,(H,23,25)(H,24,26,27);2-6,8-9,11-12,26H,7,10H2,1H3,(H,21,23)(H,22,24,25);2*1-2,7-12H,3-6,18H2,(H,19,21)(H,20,22,23). The number of anilines is 6. The van der Waals surface area contributed by atoms with Crippen molar-refractivity contribution in [2.75, 3.05) is 41.5 Å². The molecule has 0 saturated heterocycles. The van der Waals surface area contributed by atoms with Crippen molar-refractivity contribution < 1.29 is 5.11 Å². The molecule has 14 N–H and O–H groups in total. The molecule has 2 aromatic carbocycles. The summed E-state index contributed by atoms with van der Waals surface area (Å²) in [5, 5.41) is 30.0. The fourth-order valence-corrected chi connectivity index (χ4v) is 12.5. The van der Waals surface area contributed by atoms with Crippen molar-refractivity contribution in [3.8, 4) is 45.0 Å². The Morgan fingerprint density at radius 2 is 0.737 bits per heavy atom. The molecule has 2 fully saturated rings. The number of hydrogen-bond acceptors (Lipinski definition) is 20. The first-order chi connectivity index (χ1) is 48.6. The predicted octanol–water partition coefficient (Wildman–Crippen LogP) is 12.8. The van der Waals surface area contributed by atoms with Crippen LogP contribution in [-0.2, 0) is 12.8 Å². The molecule has 12 heterocycles. The van der Waals surface area contributed by atoms with Gasteiger partial charge in [-0.15, -0.1) is 0 Å². The van der Waals surface area contributed by atoms with E-state index < -0.39 is 0 Å². The zero-order valence-electron chi connectivity index (χ0n) is 55.6. The molecule has 12 aromatic heterocycles. The van der Waals surface area contributed by atoms with Crippen LogP contribution in [0.5, 0.6) is 0 Å². The normalized spacial score (nSPS) is 15.9. The van der Waals surface area contributed by atoms with Gasteiger partial charge in [-0.25, -0.2) is 59.8 Å². The number of benzene rings is 2. The number of H-pyrrole nitrogens is 4. The smallest absolute Gasteiger partial charge is 0.227 e. The molecule has 16 rings (SSSR count). The average molecular weight is 1320 g/mol. The summed E-state index contributed by atoms with van der Waals surface area (Å²) in [6, 6.07) is 37.5. The molecule has 0 spiro atoms. The maximum absolute atomic E-state index is 9.07. The second kappa shape index (κ2) is 31.6. The molecule has 0 amide bonds. The number of pyridine rings is 4. The first-order valence-corrected chi connectivity index (χ1v) is 33.6. The second-order valence-corrected chi connectivity index (χ2v) is 24.9. The molecule has 2 aliphatic rings. The lowest BCUT2D eigenvalue weighted by atomic mass is 9.92. The molecule has 0 aliphatic heterocycles. The summed E-state index contributed by atoms with van der Waals surface area (Å²) < 4.78 is 0. The van der Waals surface area contributed by atoms with E-state index in [2.05, 4.69) is 133 Å². The van der Waals surface area contributed by atoms with Gasteiger partial charge in [-0.2, -0.15) is 0 Å². The molecule has 24 heteroatoms. The summed E-state index contributed by atoms with van der Waals surface area (Å²) in [5.41, 5.74) is 29.6. The Bertz CT molecular complexity index is 4830. The molecular formula is C75H81N23O. The average Bonchev–Trinajstić information content (AvgIpc) is 1.72. The summed E-state index contributed by atoms with van der Waals surface area (Å²) in [7, 11) is 1.97. The van der Waals surface area contributed by atoms with Crippen molar-refractivity contribution in [2.45, 2.75) is 102 Å². The van der Waals surface area contributed by atoms with Gasteiger partial charge in [-0.1, -0.05) is 24.3 Å². The molecule has 2 aliphatic carbocycles. The van der Waals surface area contributed by atoms with E-state index in [-0.39, 0.29) is 6.61 Å². The van der Waals surface area contributed by atoms with Crippen LogP contribution < -0.4 is 38.1 Å². The van der Waals surface area contributed by atoms with Crippen LogP contribution in [0.15, 0.2) is 184 Å². The molecule has 0 bridgehead atoms. The van der Waals surface area contributed by atoms with Crippen molar-refractivity contribution in [1.29, 1.82) is 0 Å². The number of aromatic amines is 4. The number of aryl methyl sites for hydroxylation is 2. The van der Waals surface area contributed by atoms with Crippen LogP contribution >= 0.6 is 0 Å². The Morgan fingerprint density at radius 1 is 0.404 bits per heavy atom. The van der Waals surface area contributed by atoms with Gasteiger partial charge in [0.25, 0.3) is 0 Å². The highest BCUT2D eigenvalue weighted by Crippen LogP contribution is 2.33. The first-order valence-electron chi connectivity index (χ1n) is 33.6. The monoisotopic (exact) mass is 1320 g/mol. The Labute approximate surface area is 572 Å². The first kappa shape index (κ1) is 66.2. The van der Waals surface area contributed by atoms with Crippen LogP contribution in [0.3, 0.4) is 0 Å². The molecule has 99 heavy (non-hydrogen) atoms. The lowest BCUT2D eigenvalue weighted by Gasteiger charge is -2.26. The van der Waals surface area contributed by atoms with Gasteiger partial charge in [0.15, 0.2) is 0 Å². The van der Waals surface area contributed by atoms with E-state index in [1.807, 2.05) is 124 Å². The summed E-state index contributed by atoms with van der Waals surface area (Å²) in [6.45, 7) is 5.24. The highest BCUT2D eigenvalue weighted by Gasteiger charge is 2.22. The van der Waals surface area contributed by atoms with Gasteiger partial charge in [-0.05, 0) is 199 Å². The van der Waals surface area contributed by atoms with Crippen LogP contribution in [0.1, 0.15) is 73.6 Å². The molecule has 0 unspecified atom stereocenters. The number of fused-ring (bicyclic) bond motifs is 4. The third-order valence-corrected chi connectivity index (χ3v) is 17.9. The maximum Gasteiger partial charge on any atom is 0.227 e. The van der Waals surface area contributed by atoms with E-state index in [1.165, 1.54) is 11.1 Å². The van der Waals surface area contributed by atoms with Gasteiger partial charge >= 0.3 is 0 Å². The highest BCUT2D eigenvalue weighted by molar-refractivity contribution is 5.95. The Morgan fingerprint density at radius 3 is 1.07 bits per heavy atom. The van der Waals surface area contributed by atoms with Crippen molar-refractivity contribution >= 4 is 79.3 Å². The van der Waals surface area contributed by atoms with E-state index in [0.717, 1.165) is 176 Å². The molecule has 2 saturated carbocycles. The highest BCUT2D eigenvalue weighted by atomic mass is 16.3. The molecule has 0 radical (unpaired) electrons. The fraction of sp³-hybridized carbons (Fsp3) is 0.253. The Hall–Kier alpha value is -11.4.